The lowest BCUT2D eigenvalue weighted by Gasteiger charge is -2.17. The predicted molar refractivity (Wildman–Crippen MR) is 88.6 cm³/mol. The van der Waals surface area contributed by atoms with Crippen molar-refractivity contribution in [3.8, 4) is 5.75 Å². The summed E-state index contributed by atoms with van der Waals surface area (Å²) in [5.74, 6) is 1.22. The number of anilines is 1. The predicted octanol–water partition coefficient (Wildman–Crippen LogP) is 3.53. The molecule has 0 fully saturated rings. The zero-order chi connectivity index (χ0) is 17.4. The molecule has 0 saturated carbocycles. The molecule has 1 aromatic heterocycles. The van der Waals surface area contributed by atoms with Gasteiger partial charge in [-0.2, -0.15) is 0 Å². The Kier molecular flexibility index (Phi) is 4.70. The molecule has 6 nitrogen and oxygen atoms in total. The number of rotatable bonds is 5. The third-order valence-corrected chi connectivity index (χ3v) is 5.29. The fourth-order valence-corrected chi connectivity index (χ4v) is 3.94. The summed E-state index contributed by atoms with van der Waals surface area (Å²) in [6.45, 7) is 9.07. The minimum Gasteiger partial charge on any atom is -0.496 e. The number of nitrogens with zero attached hydrogens (tertiary/aromatic N) is 1. The Morgan fingerprint density at radius 3 is 2.35 bits per heavy atom. The van der Waals surface area contributed by atoms with E-state index in [4.69, 9.17) is 9.26 Å². The number of methoxy groups -OCH3 is 1. The molecule has 23 heavy (non-hydrogen) atoms. The summed E-state index contributed by atoms with van der Waals surface area (Å²) in [7, 11) is -2.16. The van der Waals surface area contributed by atoms with Gasteiger partial charge in [-0.05, 0) is 49.9 Å². The van der Waals surface area contributed by atoms with Crippen molar-refractivity contribution in [1.29, 1.82) is 0 Å². The first-order valence-corrected chi connectivity index (χ1v) is 8.80. The van der Waals surface area contributed by atoms with Crippen molar-refractivity contribution in [2.24, 2.45) is 0 Å². The van der Waals surface area contributed by atoms with Crippen LogP contribution in [0, 0.1) is 20.8 Å². The van der Waals surface area contributed by atoms with Crippen LogP contribution >= 0.6 is 0 Å². The second-order valence-corrected chi connectivity index (χ2v) is 7.44. The number of sulfonamides is 1. The molecule has 126 valence electrons. The maximum atomic E-state index is 12.6. The molecule has 0 atom stereocenters. The van der Waals surface area contributed by atoms with Crippen molar-refractivity contribution in [3.05, 3.63) is 34.7 Å². The Morgan fingerprint density at radius 2 is 1.87 bits per heavy atom. The van der Waals surface area contributed by atoms with Crippen molar-refractivity contribution in [1.82, 2.24) is 5.16 Å². The van der Waals surface area contributed by atoms with Crippen molar-refractivity contribution < 1.29 is 17.7 Å². The molecule has 0 amide bonds. The van der Waals surface area contributed by atoms with Crippen molar-refractivity contribution in [2.75, 3.05) is 11.8 Å². The highest BCUT2D eigenvalue weighted by Gasteiger charge is 2.25. The van der Waals surface area contributed by atoms with Crippen LogP contribution in [0.25, 0.3) is 0 Å². The Morgan fingerprint density at radius 1 is 1.22 bits per heavy atom. The second-order valence-electron chi connectivity index (χ2n) is 5.82. The molecule has 0 aliphatic carbocycles. The zero-order valence-electron chi connectivity index (χ0n) is 14.2. The van der Waals surface area contributed by atoms with Crippen molar-refractivity contribution >= 4 is 15.7 Å². The molecule has 2 rings (SSSR count). The standard InChI is InChI=1S/C16H22N2O4S/c1-9(2)13-8-14(10(3)7-15(13)21-6)18-23(19,20)16-11(4)17-22-12(16)5/h7-9,18H,1-6H3. The van der Waals surface area contributed by atoms with Gasteiger partial charge in [-0.3, -0.25) is 4.72 Å². The minimum absolute atomic E-state index is 0.0822. The highest BCUT2D eigenvalue weighted by molar-refractivity contribution is 7.92. The van der Waals surface area contributed by atoms with Crippen LogP contribution in [0.3, 0.4) is 0 Å². The lowest BCUT2D eigenvalue weighted by Crippen LogP contribution is -2.15. The van der Waals surface area contributed by atoms with Crippen LogP contribution in [-0.4, -0.2) is 20.7 Å². The Hall–Kier alpha value is -2.02. The summed E-state index contributed by atoms with van der Waals surface area (Å²) >= 11 is 0. The van der Waals surface area contributed by atoms with Gasteiger partial charge in [-0.15, -0.1) is 0 Å². The molecule has 1 heterocycles. The molecule has 7 heteroatoms. The monoisotopic (exact) mass is 338 g/mol. The van der Waals surface area contributed by atoms with Gasteiger partial charge in [0.25, 0.3) is 10.0 Å². The molecule has 0 aliphatic rings. The van der Waals surface area contributed by atoms with E-state index in [9.17, 15) is 8.42 Å². The van der Waals surface area contributed by atoms with Gasteiger partial charge < -0.3 is 9.26 Å². The van der Waals surface area contributed by atoms with Gasteiger partial charge in [-0.1, -0.05) is 19.0 Å². The van der Waals surface area contributed by atoms with Crippen LogP contribution in [-0.2, 0) is 10.0 Å². The summed E-state index contributed by atoms with van der Waals surface area (Å²) in [6, 6.07) is 3.65. The average Bonchev–Trinajstić information content (AvgIpc) is 2.80. The highest BCUT2D eigenvalue weighted by atomic mass is 32.2. The number of benzene rings is 1. The normalized spacial score (nSPS) is 11.8. The van der Waals surface area contributed by atoms with Gasteiger partial charge in [0.2, 0.25) is 0 Å². The molecule has 0 unspecified atom stereocenters. The summed E-state index contributed by atoms with van der Waals surface area (Å²) < 4.78 is 38.3. The van der Waals surface area contributed by atoms with E-state index >= 15 is 0 Å². The maximum Gasteiger partial charge on any atom is 0.267 e. The number of ether oxygens (including phenoxy) is 1. The van der Waals surface area contributed by atoms with Crippen LogP contribution in [0.5, 0.6) is 5.75 Å². The second kappa shape index (κ2) is 6.23. The van der Waals surface area contributed by atoms with Gasteiger partial charge in [-0.25, -0.2) is 8.42 Å². The van der Waals surface area contributed by atoms with Gasteiger partial charge >= 0.3 is 0 Å². The van der Waals surface area contributed by atoms with Gasteiger partial charge in [0.05, 0.1) is 12.8 Å². The summed E-state index contributed by atoms with van der Waals surface area (Å²) in [5.41, 5.74) is 2.58. The number of aryl methyl sites for hydroxylation is 3. The van der Waals surface area contributed by atoms with Crippen LogP contribution in [0.15, 0.2) is 21.6 Å². The van der Waals surface area contributed by atoms with Crippen molar-refractivity contribution in [2.45, 2.75) is 45.4 Å². The maximum absolute atomic E-state index is 12.6. The van der Waals surface area contributed by atoms with Crippen molar-refractivity contribution in [3.63, 3.8) is 0 Å². The Labute approximate surface area is 136 Å². The topological polar surface area (TPSA) is 81.4 Å². The molecular formula is C16H22N2O4S. The van der Waals surface area contributed by atoms with Crippen LogP contribution in [0.4, 0.5) is 5.69 Å². The largest absolute Gasteiger partial charge is 0.496 e. The summed E-state index contributed by atoms with van der Waals surface area (Å²) in [5, 5.41) is 3.71. The molecule has 1 N–H and O–H groups in total. The van der Waals surface area contributed by atoms with Gasteiger partial charge in [0, 0.05) is 0 Å². The summed E-state index contributed by atoms with van der Waals surface area (Å²) in [4.78, 5) is 0.0822. The van der Waals surface area contributed by atoms with E-state index in [-0.39, 0.29) is 16.6 Å². The van der Waals surface area contributed by atoms with E-state index in [2.05, 4.69) is 9.88 Å². The number of aromatic nitrogens is 1. The lowest BCUT2D eigenvalue weighted by molar-refractivity contribution is 0.390. The number of hydrogen-bond donors (Lipinski definition) is 1. The lowest BCUT2D eigenvalue weighted by atomic mass is 9.99. The van der Waals surface area contributed by atoms with E-state index in [1.807, 2.05) is 32.9 Å². The molecule has 0 radical (unpaired) electrons. The molecule has 2 aromatic rings. The third-order valence-electron chi connectivity index (χ3n) is 3.68. The van der Waals surface area contributed by atoms with E-state index in [1.165, 1.54) is 0 Å². The summed E-state index contributed by atoms with van der Waals surface area (Å²) in [6.07, 6.45) is 0. The van der Waals surface area contributed by atoms with Crippen LogP contribution in [0.2, 0.25) is 0 Å². The van der Waals surface area contributed by atoms with Crippen LogP contribution < -0.4 is 9.46 Å². The van der Waals surface area contributed by atoms with Crippen LogP contribution in [0.1, 0.15) is 42.3 Å². The first-order chi connectivity index (χ1) is 10.7. The van der Waals surface area contributed by atoms with Gasteiger partial charge in [0.15, 0.2) is 10.7 Å². The molecule has 0 saturated heterocycles. The molecule has 0 bridgehead atoms. The molecular weight excluding hydrogens is 316 g/mol. The smallest absolute Gasteiger partial charge is 0.267 e. The zero-order valence-corrected chi connectivity index (χ0v) is 15.0. The molecule has 1 aromatic carbocycles. The third kappa shape index (κ3) is 3.34. The molecule has 0 aliphatic heterocycles. The van der Waals surface area contributed by atoms with E-state index < -0.39 is 10.0 Å². The van der Waals surface area contributed by atoms with E-state index in [0.717, 1.165) is 16.9 Å². The fourth-order valence-electron chi connectivity index (χ4n) is 2.49. The number of nitrogens with one attached hydrogen (secondary N) is 1. The van der Waals surface area contributed by atoms with E-state index in [1.54, 1.807) is 21.0 Å². The van der Waals surface area contributed by atoms with E-state index in [0.29, 0.717) is 11.4 Å². The SMILES string of the molecule is COc1cc(C)c(NS(=O)(=O)c2c(C)noc2C)cc1C(C)C. The molecule has 0 spiro atoms. The quantitative estimate of drug-likeness (QED) is 0.902. The fraction of sp³-hybridized carbons (Fsp3) is 0.438. The average molecular weight is 338 g/mol. The first kappa shape index (κ1) is 17.3. The first-order valence-electron chi connectivity index (χ1n) is 7.31. The minimum atomic E-state index is -3.76. The Bertz CT molecular complexity index is 803. The van der Waals surface area contributed by atoms with Gasteiger partial charge in [0.1, 0.15) is 11.4 Å². The Balaban J connectivity index is 2.50. The highest BCUT2D eigenvalue weighted by Crippen LogP contribution is 2.33. The number of hydrogen-bond acceptors (Lipinski definition) is 5.